The molecule has 3 aromatic rings. The highest BCUT2D eigenvalue weighted by atomic mass is 32.1. The number of rotatable bonds is 3. The Morgan fingerprint density at radius 3 is 2.64 bits per heavy atom. The van der Waals surface area contributed by atoms with Gasteiger partial charge in [0.15, 0.2) is 5.13 Å². The zero-order chi connectivity index (χ0) is 17.1. The van der Waals surface area contributed by atoms with Crippen LogP contribution in [-0.4, -0.2) is 42.0 Å². The van der Waals surface area contributed by atoms with Crippen molar-refractivity contribution in [3.05, 3.63) is 65.7 Å². The van der Waals surface area contributed by atoms with Crippen LogP contribution in [0.1, 0.15) is 5.56 Å². The van der Waals surface area contributed by atoms with E-state index in [1.54, 1.807) is 17.4 Å². The summed E-state index contributed by atoms with van der Waals surface area (Å²) in [6, 6.07) is 14.4. The van der Waals surface area contributed by atoms with Crippen molar-refractivity contribution in [3.8, 4) is 0 Å². The summed E-state index contributed by atoms with van der Waals surface area (Å²) in [7, 11) is 0. The van der Waals surface area contributed by atoms with Gasteiger partial charge in [-0.15, -0.1) is 11.3 Å². The highest BCUT2D eigenvalue weighted by Gasteiger charge is 2.20. The number of carbonyl (C=O) groups excluding carboxylic acids is 1. The van der Waals surface area contributed by atoms with Crippen molar-refractivity contribution in [3.63, 3.8) is 0 Å². The Morgan fingerprint density at radius 2 is 1.84 bits per heavy atom. The highest BCUT2D eigenvalue weighted by Crippen LogP contribution is 2.21. The molecule has 0 spiro atoms. The fraction of sp³-hybridized carbons (Fsp3) is 0.200. The molecule has 0 unspecified atom stereocenters. The maximum atomic E-state index is 12.5. The van der Waals surface area contributed by atoms with E-state index >= 15 is 0 Å². The third-order valence-electron chi connectivity index (χ3n) is 4.51. The number of anilines is 1. The first-order valence-corrected chi connectivity index (χ1v) is 9.28. The second-order valence-electron chi connectivity index (χ2n) is 6.03. The summed E-state index contributed by atoms with van der Waals surface area (Å²) in [4.78, 5) is 21.0. The molecule has 2 aromatic carbocycles. The molecule has 1 fully saturated rings. The first-order valence-electron chi connectivity index (χ1n) is 8.40. The van der Waals surface area contributed by atoms with E-state index in [9.17, 15) is 4.79 Å². The highest BCUT2D eigenvalue weighted by molar-refractivity contribution is 7.13. The van der Waals surface area contributed by atoms with Crippen LogP contribution in [0, 0.1) is 0 Å². The molecular formula is C20H19N3OS. The molecule has 1 aromatic heterocycles. The lowest BCUT2D eigenvalue weighted by Gasteiger charge is -2.34. The van der Waals surface area contributed by atoms with Crippen molar-refractivity contribution in [2.24, 2.45) is 0 Å². The van der Waals surface area contributed by atoms with Crippen LogP contribution < -0.4 is 4.90 Å². The van der Waals surface area contributed by atoms with Gasteiger partial charge in [-0.1, -0.05) is 42.5 Å². The molecule has 1 amide bonds. The van der Waals surface area contributed by atoms with Crippen LogP contribution in [0.4, 0.5) is 5.13 Å². The normalized spacial score (nSPS) is 15.2. The monoisotopic (exact) mass is 349 g/mol. The van der Waals surface area contributed by atoms with Gasteiger partial charge in [0.1, 0.15) is 0 Å². The molecule has 25 heavy (non-hydrogen) atoms. The van der Waals surface area contributed by atoms with Crippen molar-refractivity contribution in [1.82, 2.24) is 9.88 Å². The summed E-state index contributed by atoms with van der Waals surface area (Å²) in [5, 5.41) is 5.38. The van der Waals surface area contributed by atoms with Gasteiger partial charge in [-0.05, 0) is 22.4 Å². The second-order valence-corrected chi connectivity index (χ2v) is 6.90. The van der Waals surface area contributed by atoms with E-state index in [0.29, 0.717) is 0 Å². The van der Waals surface area contributed by atoms with Crippen LogP contribution in [0.2, 0.25) is 0 Å². The Morgan fingerprint density at radius 1 is 1.04 bits per heavy atom. The van der Waals surface area contributed by atoms with E-state index < -0.39 is 0 Å². The van der Waals surface area contributed by atoms with Crippen LogP contribution in [0.3, 0.4) is 0 Å². The fourth-order valence-electron chi connectivity index (χ4n) is 3.15. The Bertz CT molecular complexity index is 891. The minimum atomic E-state index is 0.0757. The number of hydrogen-bond acceptors (Lipinski definition) is 4. The van der Waals surface area contributed by atoms with Gasteiger partial charge < -0.3 is 9.80 Å². The topological polar surface area (TPSA) is 36.4 Å². The lowest BCUT2D eigenvalue weighted by Crippen LogP contribution is -2.48. The van der Waals surface area contributed by atoms with Crippen molar-refractivity contribution >= 4 is 39.2 Å². The third kappa shape index (κ3) is 3.42. The van der Waals surface area contributed by atoms with Gasteiger partial charge in [0.05, 0.1) is 0 Å². The molecule has 0 saturated carbocycles. The number of amides is 1. The van der Waals surface area contributed by atoms with Crippen molar-refractivity contribution in [2.45, 2.75) is 0 Å². The van der Waals surface area contributed by atoms with E-state index in [2.05, 4.69) is 28.1 Å². The maximum absolute atomic E-state index is 12.5. The molecular weight excluding hydrogens is 330 g/mol. The Kier molecular flexibility index (Phi) is 4.48. The molecule has 126 valence electrons. The van der Waals surface area contributed by atoms with Crippen LogP contribution in [0.15, 0.2) is 60.1 Å². The zero-order valence-corrected chi connectivity index (χ0v) is 14.7. The Balaban J connectivity index is 1.43. The number of benzene rings is 2. The molecule has 2 heterocycles. The lowest BCUT2D eigenvalue weighted by molar-refractivity contribution is -0.126. The molecule has 1 saturated heterocycles. The van der Waals surface area contributed by atoms with Gasteiger partial charge in [0.25, 0.3) is 0 Å². The summed E-state index contributed by atoms with van der Waals surface area (Å²) in [6.07, 6.45) is 5.45. The summed E-state index contributed by atoms with van der Waals surface area (Å²) >= 11 is 1.65. The number of aromatic nitrogens is 1. The predicted molar refractivity (Wildman–Crippen MR) is 104 cm³/mol. The largest absolute Gasteiger partial charge is 0.345 e. The molecule has 4 nitrogen and oxygen atoms in total. The lowest BCUT2D eigenvalue weighted by atomic mass is 10.0. The molecule has 5 heteroatoms. The van der Waals surface area contributed by atoms with Gasteiger partial charge in [0, 0.05) is 43.8 Å². The van der Waals surface area contributed by atoms with Crippen molar-refractivity contribution < 1.29 is 4.79 Å². The van der Waals surface area contributed by atoms with Crippen LogP contribution >= 0.6 is 11.3 Å². The summed E-state index contributed by atoms with van der Waals surface area (Å²) in [5.74, 6) is 0.0757. The Hall–Kier alpha value is -2.66. The molecule has 1 aliphatic heterocycles. The van der Waals surface area contributed by atoms with Gasteiger partial charge in [-0.2, -0.15) is 0 Å². The van der Waals surface area contributed by atoms with Crippen LogP contribution in [-0.2, 0) is 4.79 Å². The van der Waals surface area contributed by atoms with Gasteiger partial charge in [-0.3, -0.25) is 4.79 Å². The molecule has 0 N–H and O–H groups in total. The zero-order valence-electron chi connectivity index (χ0n) is 13.8. The van der Waals surface area contributed by atoms with Gasteiger partial charge >= 0.3 is 0 Å². The van der Waals surface area contributed by atoms with E-state index in [1.165, 1.54) is 10.8 Å². The second kappa shape index (κ2) is 7.07. The number of hydrogen-bond donors (Lipinski definition) is 0. The quantitative estimate of drug-likeness (QED) is 0.677. The first kappa shape index (κ1) is 15.8. The van der Waals surface area contributed by atoms with Crippen LogP contribution in [0.25, 0.3) is 16.8 Å². The molecule has 0 radical (unpaired) electrons. The van der Waals surface area contributed by atoms with Gasteiger partial charge in [0.2, 0.25) is 5.91 Å². The average Bonchev–Trinajstić information content (AvgIpc) is 3.21. The van der Waals surface area contributed by atoms with E-state index in [4.69, 9.17) is 0 Å². The first-order chi connectivity index (χ1) is 12.3. The fourth-order valence-corrected chi connectivity index (χ4v) is 3.85. The van der Waals surface area contributed by atoms with E-state index in [1.807, 2.05) is 46.8 Å². The van der Waals surface area contributed by atoms with Crippen molar-refractivity contribution in [2.75, 3.05) is 31.1 Å². The third-order valence-corrected chi connectivity index (χ3v) is 5.34. The summed E-state index contributed by atoms with van der Waals surface area (Å²) in [5.41, 5.74) is 1.08. The van der Waals surface area contributed by atoms with Crippen molar-refractivity contribution in [1.29, 1.82) is 0 Å². The minimum absolute atomic E-state index is 0.0757. The number of carbonyl (C=O) groups is 1. The predicted octanol–water partition coefficient (Wildman–Crippen LogP) is 3.66. The van der Waals surface area contributed by atoms with Gasteiger partial charge in [-0.25, -0.2) is 4.98 Å². The SMILES string of the molecule is O=C(/C=C/c1cccc2ccccc12)N1CCN(c2nccs2)CC1. The number of fused-ring (bicyclic) bond motifs is 1. The number of thiazole rings is 1. The van der Waals surface area contributed by atoms with Crippen LogP contribution in [0.5, 0.6) is 0 Å². The molecule has 0 bridgehead atoms. The Labute approximate surface area is 151 Å². The molecule has 4 rings (SSSR count). The minimum Gasteiger partial charge on any atom is -0.345 e. The van der Waals surface area contributed by atoms with E-state index in [0.717, 1.165) is 36.9 Å². The number of piperazine rings is 1. The maximum Gasteiger partial charge on any atom is 0.246 e. The molecule has 0 aliphatic carbocycles. The van der Waals surface area contributed by atoms with E-state index in [-0.39, 0.29) is 5.91 Å². The summed E-state index contributed by atoms with van der Waals surface area (Å²) in [6.45, 7) is 3.14. The average molecular weight is 349 g/mol. The molecule has 0 atom stereocenters. The molecule has 1 aliphatic rings. The smallest absolute Gasteiger partial charge is 0.246 e. The number of nitrogens with zero attached hydrogens (tertiary/aromatic N) is 3. The summed E-state index contributed by atoms with van der Waals surface area (Å²) < 4.78 is 0. The standard InChI is InChI=1S/C20H19N3OS/c24-19(22-11-13-23(14-12-22)20-21-10-15-25-20)9-8-17-6-3-5-16-4-1-2-7-18(16)17/h1-10,15H,11-14H2/b9-8+.